The number of nitrogens with one attached hydrogen (secondary N) is 2. The summed E-state index contributed by atoms with van der Waals surface area (Å²) in [6.07, 6.45) is 2.76. The SMILES string of the molecule is CCCNc1nc(NC(C)CCCO)c2ccsc2n1. The van der Waals surface area contributed by atoms with Crippen molar-refractivity contribution in [1.82, 2.24) is 9.97 Å². The first-order valence-electron chi connectivity index (χ1n) is 7.11. The van der Waals surface area contributed by atoms with Crippen LogP contribution in [0.1, 0.15) is 33.1 Å². The van der Waals surface area contributed by atoms with Gasteiger partial charge in [0, 0.05) is 19.2 Å². The van der Waals surface area contributed by atoms with Crippen molar-refractivity contribution in [2.45, 2.75) is 39.2 Å². The summed E-state index contributed by atoms with van der Waals surface area (Å²) >= 11 is 1.62. The zero-order valence-electron chi connectivity index (χ0n) is 12.0. The minimum absolute atomic E-state index is 0.229. The highest BCUT2D eigenvalue weighted by Crippen LogP contribution is 2.27. The monoisotopic (exact) mass is 294 g/mol. The molecule has 3 N–H and O–H groups in total. The van der Waals surface area contributed by atoms with Crippen LogP contribution >= 0.6 is 11.3 Å². The largest absolute Gasteiger partial charge is 0.396 e. The highest BCUT2D eigenvalue weighted by Gasteiger charge is 2.11. The van der Waals surface area contributed by atoms with E-state index in [1.54, 1.807) is 11.3 Å². The molecule has 1 atom stereocenters. The van der Waals surface area contributed by atoms with Crippen molar-refractivity contribution >= 4 is 33.3 Å². The van der Waals surface area contributed by atoms with Gasteiger partial charge in [-0.1, -0.05) is 6.92 Å². The van der Waals surface area contributed by atoms with Crippen LogP contribution in [0.5, 0.6) is 0 Å². The zero-order chi connectivity index (χ0) is 14.4. The lowest BCUT2D eigenvalue weighted by Crippen LogP contribution is -2.17. The topological polar surface area (TPSA) is 70.1 Å². The fourth-order valence-electron chi connectivity index (χ4n) is 1.98. The Bertz CT molecular complexity index is 543. The number of aromatic nitrogens is 2. The first kappa shape index (κ1) is 15.0. The second-order valence-electron chi connectivity index (χ2n) is 4.87. The molecule has 6 heteroatoms. The lowest BCUT2D eigenvalue weighted by molar-refractivity contribution is 0.282. The third-order valence-corrected chi connectivity index (χ3v) is 3.84. The Labute approximate surface area is 123 Å². The van der Waals surface area contributed by atoms with Crippen molar-refractivity contribution in [3.8, 4) is 0 Å². The molecule has 0 spiro atoms. The van der Waals surface area contributed by atoms with Gasteiger partial charge >= 0.3 is 0 Å². The second kappa shape index (κ2) is 7.40. The van der Waals surface area contributed by atoms with E-state index in [0.717, 1.165) is 41.8 Å². The molecule has 1 unspecified atom stereocenters. The van der Waals surface area contributed by atoms with Gasteiger partial charge in [0.2, 0.25) is 5.95 Å². The fraction of sp³-hybridized carbons (Fsp3) is 0.571. The summed E-state index contributed by atoms with van der Waals surface area (Å²) in [4.78, 5) is 10.1. The molecule has 5 nitrogen and oxygen atoms in total. The minimum Gasteiger partial charge on any atom is -0.396 e. The second-order valence-corrected chi connectivity index (χ2v) is 5.77. The van der Waals surface area contributed by atoms with Crippen LogP contribution in [-0.4, -0.2) is 34.3 Å². The van der Waals surface area contributed by atoms with Crippen LogP contribution in [0.2, 0.25) is 0 Å². The predicted octanol–water partition coefficient (Wildman–Crippen LogP) is 3.09. The van der Waals surface area contributed by atoms with Crippen LogP contribution < -0.4 is 10.6 Å². The minimum atomic E-state index is 0.229. The van der Waals surface area contributed by atoms with Gasteiger partial charge in [0.1, 0.15) is 10.6 Å². The maximum absolute atomic E-state index is 8.90. The van der Waals surface area contributed by atoms with Crippen molar-refractivity contribution in [2.75, 3.05) is 23.8 Å². The number of hydrogen-bond acceptors (Lipinski definition) is 6. The summed E-state index contributed by atoms with van der Waals surface area (Å²) in [5, 5.41) is 18.7. The zero-order valence-corrected chi connectivity index (χ0v) is 12.8. The normalized spacial score (nSPS) is 12.6. The number of aliphatic hydroxyl groups excluding tert-OH is 1. The molecule has 0 aliphatic rings. The Balaban J connectivity index is 2.18. The van der Waals surface area contributed by atoms with Gasteiger partial charge in [0.05, 0.1) is 5.39 Å². The predicted molar refractivity (Wildman–Crippen MR) is 85.6 cm³/mol. The summed E-state index contributed by atoms with van der Waals surface area (Å²) in [7, 11) is 0. The number of rotatable bonds is 8. The van der Waals surface area contributed by atoms with Crippen LogP contribution in [-0.2, 0) is 0 Å². The number of anilines is 2. The maximum atomic E-state index is 8.90. The molecule has 0 aromatic carbocycles. The molecule has 0 saturated heterocycles. The van der Waals surface area contributed by atoms with Gasteiger partial charge in [-0.2, -0.15) is 4.98 Å². The summed E-state index contributed by atoms with van der Waals surface area (Å²) in [5.41, 5.74) is 0. The molecule has 2 rings (SSSR count). The van der Waals surface area contributed by atoms with E-state index in [0.29, 0.717) is 5.95 Å². The summed E-state index contributed by atoms with van der Waals surface area (Å²) in [6, 6.07) is 2.32. The average molecular weight is 294 g/mol. The molecule has 2 aromatic heterocycles. The Morgan fingerprint density at radius 1 is 1.40 bits per heavy atom. The Morgan fingerprint density at radius 2 is 2.25 bits per heavy atom. The molecule has 110 valence electrons. The Kier molecular flexibility index (Phi) is 5.55. The molecule has 2 heterocycles. The van der Waals surface area contributed by atoms with Crippen molar-refractivity contribution in [3.63, 3.8) is 0 Å². The smallest absolute Gasteiger partial charge is 0.226 e. The number of fused-ring (bicyclic) bond motifs is 1. The quantitative estimate of drug-likeness (QED) is 0.698. The molecule has 0 saturated carbocycles. The molecule has 0 aliphatic heterocycles. The van der Waals surface area contributed by atoms with E-state index in [9.17, 15) is 0 Å². The molecule has 0 bridgehead atoms. The average Bonchev–Trinajstić information content (AvgIpc) is 2.91. The van der Waals surface area contributed by atoms with E-state index in [1.165, 1.54) is 0 Å². The first-order valence-corrected chi connectivity index (χ1v) is 7.99. The van der Waals surface area contributed by atoms with E-state index in [2.05, 4.69) is 34.4 Å². The van der Waals surface area contributed by atoms with Crippen LogP contribution in [0.4, 0.5) is 11.8 Å². The van der Waals surface area contributed by atoms with Crippen molar-refractivity contribution in [1.29, 1.82) is 0 Å². The third-order valence-electron chi connectivity index (χ3n) is 3.04. The van der Waals surface area contributed by atoms with E-state index >= 15 is 0 Å². The van der Waals surface area contributed by atoms with Gasteiger partial charge in [-0.25, -0.2) is 4.98 Å². The standard InChI is InChI=1S/C14H22N4OS/c1-3-7-15-14-17-12(16-10(2)5-4-8-19)11-6-9-20-13(11)18-14/h6,9-10,19H,3-5,7-8H2,1-2H3,(H2,15,16,17,18). The summed E-state index contributed by atoms with van der Waals surface area (Å²) in [5.74, 6) is 1.55. The summed E-state index contributed by atoms with van der Waals surface area (Å²) in [6.45, 7) is 5.32. The maximum Gasteiger partial charge on any atom is 0.226 e. The highest BCUT2D eigenvalue weighted by molar-refractivity contribution is 7.16. The van der Waals surface area contributed by atoms with E-state index in [4.69, 9.17) is 5.11 Å². The van der Waals surface area contributed by atoms with Crippen molar-refractivity contribution in [3.05, 3.63) is 11.4 Å². The third kappa shape index (κ3) is 3.80. The molecular weight excluding hydrogens is 272 g/mol. The van der Waals surface area contributed by atoms with Gasteiger partial charge in [-0.05, 0) is 37.6 Å². The molecule has 0 aliphatic carbocycles. The Hall–Kier alpha value is -1.40. The lowest BCUT2D eigenvalue weighted by Gasteiger charge is -2.15. The van der Waals surface area contributed by atoms with Gasteiger partial charge in [-0.3, -0.25) is 0 Å². The number of hydrogen-bond donors (Lipinski definition) is 3. The molecule has 0 fully saturated rings. The van der Waals surface area contributed by atoms with E-state index < -0.39 is 0 Å². The number of nitrogens with zero attached hydrogens (tertiary/aromatic N) is 2. The molecule has 2 aromatic rings. The number of aliphatic hydroxyl groups is 1. The molecule has 0 radical (unpaired) electrons. The highest BCUT2D eigenvalue weighted by atomic mass is 32.1. The number of thiophene rings is 1. The van der Waals surface area contributed by atoms with Gasteiger partial charge in [0.15, 0.2) is 0 Å². The lowest BCUT2D eigenvalue weighted by atomic mass is 10.2. The molecular formula is C14H22N4OS. The van der Waals surface area contributed by atoms with Gasteiger partial charge in [0.25, 0.3) is 0 Å². The van der Waals surface area contributed by atoms with Crippen LogP contribution in [0.3, 0.4) is 0 Å². The van der Waals surface area contributed by atoms with Gasteiger partial charge in [-0.15, -0.1) is 11.3 Å². The van der Waals surface area contributed by atoms with Crippen LogP contribution in [0.25, 0.3) is 10.2 Å². The summed E-state index contributed by atoms with van der Waals surface area (Å²) < 4.78 is 0. The molecule has 0 amide bonds. The van der Waals surface area contributed by atoms with Crippen LogP contribution in [0.15, 0.2) is 11.4 Å². The first-order chi connectivity index (χ1) is 9.74. The fourth-order valence-corrected chi connectivity index (χ4v) is 2.75. The van der Waals surface area contributed by atoms with E-state index in [1.807, 2.05) is 11.4 Å². The molecule has 20 heavy (non-hydrogen) atoms. The Morgan fingerprint density at radius 3 is 3.00 bits per heavy atom. The van der Waals surface area contributed by atoms with Gasteiger partial charge < -0.3 is 15.7 Å². The van der Waals surface area contributed by atoms with Crippen molar-refractivity contribution < 1.29 is 5.11 Å². The van der Waals surface area contributed by atoms with E-state index in [-0.39, 0.29) is 12.6 Å². The van der Waals surface area contributed by atoms with Crippen molar-refractivity contribution in [2.24, 2.45) is 0 Å². The van der Waals surface area contributed by atoms with Crippen LogP contribution in [0, 0.1) is 0 Å².